The van der Waals surface area contributed by atoms with Crippen molar-refractivity contribution in [2.24, 2.45) is 0 Å². The van der Waals surface area contributed by atoms with Gasteiger partial charge in [-0.2, -0.15) is 4.31 Å². The molecule has 0 unspecified atom stereocenters. The van der Waals surface area contributed by atoms with Crippen LogP contribution < -0.4 is 13.8 Å². The molecule has 160 valence electrons. The minimum atomic E-state index is -4.12. The fraction of sp³-hybridized carbons (Fsp3) is 0.125. The molecule has 0 N–H and O–H groups in total. The van der Waals surface area contributed by atoms with Crippen molar-refractivity contribution >= 4 is 27.7 Å². The molecule has 0 heterocycles. The number of benzene rings is 3. The average molecular weight is 438 g/mol. The van der Waals surface area contributed by atoms with Gasteiger partial charge in [-0.05, 0) is 67.1 Å². The van der Waals surface area contributed by atoms with Gasteiger partial charge < -0.3 is 9.47 Å². The molecule has 0 saturated heterocycles. The standard InChI is InChI=1S/C24H23NO5S/c1-3-30-22-16-12-20(13-17-22)25(31(27,28)23-7-5-4-6-8-23)24(26)18-11-19-9-14-21(29-2)15-10-19/h4-18H,3H2,1-2H3/b18-11+. The molecule has 3 aromatic carbocycles. The molecular formula is C24H23NO5S. The maximum absolute atomic E-state index is 13.3. The van der Waals surface area contributed by atoms with E-state index in [0.29, 0.717) is 18.1 Å². The number of methoxy groups -OCH3 is 1. The summed E-state index contributed by atoms with van der Waals surface area (Å²) < 4.78 is 37.9. The number of carbonyl (C=O) groups excluding carboxylic acids is 1. The van der Waals surface area contributed by atoms with Gasteiger partial charge in [-0.15, -0.1) is 0 Å². The van der Waals surface area contributed by atoms with E-state index in [9.17, 15) is 13.2 Å². The summed E-state index contributed by atoms with van der Waals surface area (Å²) in [4.78, 5) is 13.1. The zero-order valence-corrected chi connectivity index (χ0v) is 18.1. The molecule has 31 heavy (non-hydrogen) atoms. The van der Waals surface area contributed by atoms with E-state index in [-0.39, 0.29) is 10.6 Å². The van der Waals surface area contributed by atoms with E-state index in [1.807, 2.05) is 6.92 Å². The van der Waals surface area contributed by atoms with Gasteiger partial charge in [0.1, 0.15) is 11.5 Å². The van der Waals surface area contributed by atoms with Crippen LogP contribution in [0.15, 0.2) is 89.8 Å². The minimum Gasteiger partial charge on any atom is -0.497 e. The SMILES string of the molecule is CCOc1ccc(N(C(=O)/C=C/c2ccc(OC)cc2)S(=O)(=O)c2ccccc2)cc1. The van der Waals surface area contributed by atoms with E-state index in [1.165, 1.54) is 18.2 Å². The quantitative estimate of drug-likeness (QED) is 0.484. The van der Waals surface area contributed by atoms with Crippen LogP contribution in [0.4, 0.5) is 5.69 Å². The highest BCUT2D eigenvalue weighted by Gasteiger charge is 2.29. The Morgan fingerprint density at radius 3 is 2.10 bits per heavy atom. The normalized spacial score (nSPS) is 11.3. The van der Waals surface area contributed by atoms with E-state index in [0.717, 1.165) is 9.87 Å². The third kappa shape index (κ3) is 5.32. The first kappa shape index (κ1) is 22.1. The number of hydrogen-bond donors (Lipinski definition) is 0. The number of hydrogen-bond acceptors (Lipinski definition) is 5. The molecule has 0 aromatic heterocycles. The zero-order chi connectivity index (χ0) is 22.3. The highest BCUT2D eigenvalue weighted by Crippen LogP contribution is 2.26. The van der Waals surface area contributed by atoms with Crippen molar-refractivity contribution < 1.29 is 22.7 Å². The predicted octanol–water partition coefficient (Wildman–Crippen LogP) is 4.53. The van der Waals surface area contributed by atoms with Gasteiger partial charge in [0.2, 0.25) is 0 Å². The number of sulfonamides is 1. The summed E-state index contributed by atoms with van der Waals surface area (Å²) >= 11 is 0. The average Bonchev–Trinajstić information content (AvgIpc) is 2.80. The van der Waals surface area contributed by atoms with E-state index in [4.69, 9.17) is 9.47 Å². The van der Waals surface area contributed by atoms with Gasteiger partial charge in [0.05, 0.1) is 24.3 Å². The molecule has 0 aliphatic heterocycles. The molecule has 0 saturated carbocycles. The fourth-order valence-electron chi connectivity index (χ4n) is 2.88. The Morgan fingerprint density at radius 2 is 1.52 bits per heavy atom. The minimum absolute atomic E-state index is 0.0232. The van der Waals surface area contributed by atoms with Crippen molar-refractivity contribution in [2.45, 2.75) is 11.8 Å². The number of ether oxygens (including phenoxy) is 2. The Bertz CT molecular complexity index is 1140. The number of amides is 1. The molecule has 0 fully saturated rings. The van der Waals surface area contributed by atoms with Gasteiger partial charge in [0.15, 0.2) is 0 Å². The van der Waals surface area contributed by atoms with E-state index >= 15 is 0 Å². The number of carbonyl (C=O) groups is 1. The Kier molecular flexibility index (Phi) is 7.10. The fourth-order valence-corrected chi connectivity index (χ4v) is 4.29. The van der Waals surface area contributed by atoms with Gasteiger partial charge in [-0.25, -0.2) is 8.42 Å². The van der Waals surface area contributed by atoms with Crippen molar-refractivity contribution in [3.63, 3.8) is 0 Å². The lowest BCUT2D eigenvalue weighted by Crippen LogP contribution is -2.35. The third-order valence-corrected chi connectivity index (χ3v) is 6.14. The van der Waals surface area contributed by atoms with E-state index in [1.54, 1.807) is 79.9 Å². The maximum atomic E-state index is 13.3. The molecule has 0 radical (unpaired) electrons. The Balaban J connectivity index is 1.98. The molecule has 0 aliphatic rings. The zero-order valence-electron chi connectivity index (χ0n) is 17.3. The first-order valence-corrected chi connectivity index (χ1v) is 11.1. The lowest BCUT2D eigenvalue weighted by atomic mass is 10.2. The van der Waals surface area contributed by atoms with Crippen LogP contribution in [0.2, 0.25) is 0 Å². The summed E-state index contributed by atoms with van der Waals surface area (Å²) in [5.41, 5.74) is 0.953. The lowest BCUT2D eigenvalue weighted by Gasteiger charge is -2.21. The first-order valence-electron chi connectivity index (χ1n) is 9.65. The van der Waals surface area contributed by atoms with Crippen LogP contribution in [-0.4, -0.2) is 28.0 Å². The molecular weight excluding hydrogens is 414 g/mol. The Labute approximate surface area is 182 Å². The Morgan fingerprint density at radius 1 is 0.903 bits per heavy atom. The van der Waals surface area contributed by atoms with Gasteiger partial charge in [-0.1, -0.05) is 30.3 Å². The van der Waals surface area contributed by atoms with Crippen LogP contribution in [0.25, 0.3) is 6.08 Å². The molecule has 0 atom stereocenters. The molecule has 3 rings (SSSR count). The van der Waals surface area contributed by atoms with Crippen molar-refractivity contribution in [3.05, 3.63) is 90.5 Å². The van der Waals surface area contributed by atoms with Crippen LogP contribution in [0.5, 0.6) is 11.5 Å². The smallest absolute Gasteiger partial charge is 0.271 e. The second kappa shape index (κ2) is 9.95. The summed E-state index contributed by atoms with van der Waals surface area (Å²) in [6.45, 7) is 2.34. The van der Waals surface area contributed by atoms with Gasteiger partial charge in [0.25, 0.3) is 15.9 Å². The Hall–Kier alpha value is -3.58. The number of rotatable bonds is 8. The van der Waals surface area contributed by atoms with E-state index < -0.39 is 15.9 Å². The van der Waals surface area contributed by atoms with Crippen molar-refractivity contribution in [3.8, 4) is 11.5 Å². The number of nitrogens with zero attached hydrogens (tertiary/aromatic N) is 1. The molecule has 6 nitrogen and oxygen atoms in total. The third-order valence-electron chi connectivity index (χ3n) is 4.40. The molecule has 1 amide bonds. The lowest BCUT2D eigenvalue weighted by molar-refractivity contribution is -0.113. The summed E-state index contributed by atoms with van der Waals surface area (Å²) in [5.74, 6) is 0.583. The van der Waals surface area contributed by atoms with Crippen LogP contribution >= 0.6 is 0 Å². The van der Waals surface area contributed by atoms with Crippen molar-refractivity contribution in [1.82, 2.24) is 0 Å². The van der Waals surface area contributed by atoms with Crippen molar-refractivity contribution in [2.75, 3.05) is 18.0 Å². The molecule has 0 bridgehead atoms. The van der Waals surface area contributed by atoms with Gasteiger partial charge in [-0.3, -0.25) is 4.79 Å². The van der Waals surface area contributed by atoms with Crippen molar-refractivity contribution in [1.29, 1.82) is 0 Å². The second-order valence-corrected chi connectivity index (χ2v) is 8.24. The molecule has 0 aliphatic carbocycles. The summed E-state index contributed by atoms with van der Waals surface area (Å²) in [6, 6.07) is 21.3. The predicted molar refractivity (Wildman–Crippen MR) is 121 cm³/mol. The van der Waals surface area contributed by atoms with E-state index in [2.05, 4.69) is 0 Å². The monoisotopic (exact) mass is 437 g/mol. The number of anilines is 1. The van der Waals surface area contributed by atoms with Crippen LogP contribution in [0.1, 0.15) is 12.5 Å². The summed E-state index contributed by atoms with van der Waals surface area (Å²) in [5, 5.41) is 0. The van der Waals surface area contributed by atoms with Crippen LogP contribution in [0.3, 0.4) is 0 Å². The summed E-state index contributed by atoms with van der Waals surface area (Å²) in [6.07, 6.45) is 2.79. The van der Waals surface area contributed by atoms with Gasteiger partial charge in [0, 0.05) is 6.08 Å². The molecule has 3 aromatic rings. The topological polar surface area (TPSA) is 72.9 Å². The van der Waals surface area contributed by atoms with Crippen LogP contribution in [0, 0.1) is 0 Å². The largest absolute Gasteiger partial charge is 0.497 e. The highest BCUT2D eigenvalue weighted by atomic mass is 32.2. The first-order chi connectivity index (χ1) is 15.0. The second-order valence-electron chi connectivity index (χ2n) is 6.45. The van der Waals surface area contributed by atoms with Crippen LogP contribution in [-0.2, 0) is 14.8 Å². The molecule has 7 heteroatoms. The maximum Gasteiger partial charge on any atom is 0.271 e. The molecule has 0 spiro atoms. The summed E-state index contributed by atoms with van der Waals surface area (Å²) in [7, 11) is -2.55. The van der Waals surface area contributed by atoms with Gasteiger partial charge >= 0.3 is 0 Å². The highest BCUT2D eigenvalue weighted by molar-refractivity contribution is 7.93.